The van der Waals surface area contributed by atoms with Crippen molar-refractivity contribution in [1.29, 1.82) is 0 Å². The van der Waals surface area contributed by atoms with Gasteiger partial charge in [-0.2, -0.15) is 0 Å². The Morgan fingerprint density at radius 2 is 1.87 bits per heavy atom. The van der Waals surface area contributed by atoms with E-state index in [0.717, 1.165) is 30.7 Å². The summed E-state index contributed by atoms with van der Waals surface area (Å²) in [5.41, 5.74) is 0.459. The molecule has 1 aromatic heterocycles. The van der Waals surface area contributed by atoms with E-state index in [4.69, 9.17) is 11.6 Å². The highest BCUT2D eigenvalue weighted by atomic mass is 35.5. The molecule has 2 aromatic rings. The average Bonchev–Trinajstić information content (AvgIpc) is 3.29. The highest BCUT2D eigenvalue weighted by Crippen LogP contribution is 2.32. The molecule has 0 spiro atoms. The van der Waals surface area contributed by atoms with Crippen molar-refractivity contribution in [3.8, 4) is 0 Å². The Kier molecular flexibility index (Phi) is 6.92. The molecule has 2 aliphatic rings. The number of amides is 2. The normalized spacial score (nSPS) is 18.2. The van der Waals surface area contributed by atoms with E-state index in [-0.39, 0.29) is 28.3 Å². The van der Waals surface area contributed by atoms with Crippen molar-refractivity contribution in [1.82, 2.24) is 14.8 Å². The molecule has 0 bridgehead atoms. The van der Waals surface area contributed by atoms with Crippen LogP contribution in [0.3, 0.4) is 0 Å². The Morgan fingerprint density at radius 3 is 2.55 bits per heavy atom. The second-order valence-corrected chi connectivity index (χ2v) is 9.74. The van der Waals surface area contributed by atoms with Crippen molar-refractivity contribution in [2.45, 2.75) is 56.9 Å². The van der Waals surface area contributed by atoms with E-state index in [1.165, 1.54) is 48.8 Å². The molecule has 0 unspecified atom stereocenters. The van der Waals surface area contributed by atoms with E-state index in [0.29, 0.717) is 24.8 Å². The highest BCUT2D eigenvalue weighted by Gasteiger charge is 2.30. The van der Waals surface area contributed by atoms with Crippen molar-refractivity contribution in [2.24, 2.45) is 0 Å². The van der Waals surface area contributed by atoms with Crippen LogP contribution in [-0.4, -0.2) is 52.8 Å². The van der Waals surface area contributed by atoms with Crippen molar-refractivity contribution in [3.63, 3.8) is 0 Å². The number of rotatable bonds is 4. The zero-order valence-electron chi connectivity index (χ0n) is 17.7. The summed E-state index contributed by atoms with van der Waals surface area (Å²) >= 11 is 7.57. The molecule has 4 rings (SSSR count). The summed E-state index contributed by atoms with van der Waals surface area (Å²) in [4.78, 5) is 33.8. The van der Waals surface area contributed by atoms with Gasteiger partial charge in [-0.1, -0.05) is 36.9 Å². The fourth-order valence-corrected chi connectivity index (χ4v) is 5.79. The third-order valence-corrected chi connectivity index (χ3v) is 7.81. The molecule has 1 aliphatic carbocycles. The molecule has 5 nitrogen and oxygen atoms in total. The maximum absolute atomic E-state index is 14.1. The topological polar surface area (TPSA) is 53.5 Å². The van der Waals surface area contributed by atoms with Crippen LogP contribution in [0.5, 0.6) is 0 Å². The molecular formula is C23H27ClFN3O2S. The molecule has 0 radical (unpaired) electrons. The zero-order valence-corrected chi connectivity index (χ0v) is 19.2. The number of benzene rings is 1. The number of carbonyl (C=O) groups is 2. The molecular weight excluding hydrogens is 437 g/mol. The number of carbonyl (C=O) groups excluding carboxylic acids is 2. The second-order valence-electron chi connectivity index (χ2n) is 8.44. The van der Waals surface area contributed by atoms with Gasteiger partial charge in [0.1, 0.15) is 11.5 Å². The third-order valence-electron chi connectivity index (χ3n) is 6.49. The quantitative estimate of drug-likeness (QED) is 0.613. The summed E-state index contributed by atoms with van der Waals surface area (Å²) in [5.74, 6) is -0.765. The van der Waals surface area contributed by atoms with Crippen LogP contribution in [0, 0.1) is 5.82 Å². The predicted molar refractivity (Wildman–Crippen MR) is 120 cm³/mol. The largest absolute Gasteiger partial charge is 0.338 e. The summed E-state index contributed by atoms with van der Waals surface area (Å²) < 4.78 is 14.1. The van der Waals surface area contributed by atoms with E-state index >= 15 is 0 Å². The summed E-state index contributed by atoms with van der Waals surface area (Å²) in [6.07, 6.45) is 7.22. The minimum absolute atomic E-state index is 0.00351. The molecule has 1 saturated heterocycles. The van der Waals surface area contributed by atoms with Crippen molar-refractivity contribution in [3.05, 3.63) is 50.7 Å². The van der Waals surface area contributed by atoms with Crippen LogP contribution in [0.1, 0.15) is 76.7 Å². The molecule has 0 N–H and O–H groups in total. The maximum Gasteiger partial charge on any atom is 0.273 e. The Balaban J connectivity index is 1.37. The highest BCUT2D eigenvalue weighted by molar-refractivity contribution is 7.09. The van der Waals surface area contributed by atoms with Crippen LogP contribution in [-0.2, 0) is 0 Å². The van der Waals surface area contributed by atoms with Gasteiger partial charge in [0.05, 0.1) is 15.6 Å². The van der Waals surface area contributed by atoms with Gasteiger partial charge in [-0.25, -0.2) is 9.37 Å². The van der Waals surface area contributed by atoms with Crippen LogP contribution in [0.2, 0.25) is 5.02 Å². The number of likely N-dealkylation sites (tertiary alicyclic amines) is 1. The summed E-state index contributed by atoms with van der Waals surface area (Å²) in [6.45, 7) is 1.03. The number of halogens is 2. The number of hydrogen-bond donors (Lipinski definition) is 0. The first-order valence-electron chi connectivity index (χ1n) is 10.9. The fourth-order valence-electron chi connectivity index (χ4n) is 4.58. The first kappa shape index (κ1) is 22.2. The summed E-state index contributed by atoms with van der Waals surface area (Å²) in [7, 11) is 1.88. The Morgan fingerprint density at radius 1 is 1.16 bits per heavy atom. The lowest BCUT2D eigenvalue weighted by Gasteiger charge is -2.31. The van der Waals surface area contributed by atoms with E-state index in [9.17, 15) is 14.0 Å². The van der Waals surface area contributed by atoms with Crippen LogP contribution in [0.15, 0.2) is 23.6 Å². The van der Waals surface area contributed by atoms with Gasteiger partial charge in [0.2, 0.25) is 0 Å². The number of hydrogen-bond acceptors (Lipinski definition) is 4. The van der Waals surface area contributed by atoms with E-state index in [2.05, 4.69) is 4.98 Å². The zero-order chi connectivity index (χ0) is 22.0. The van der Waals surface area contributed by atoms with Gasteiger partial charge in [0, 0.05) is 37.5 Å². The Bertz CT molecular complexity index is 932. The lowest BCUT2D eigenvalue weighted by Crippen LogP contribution is -2.39. The van der Waals surface area contributed by atoms with Crippen molar-refractivity contribution in [2.75, 3.05) is 20.1 Å². The smallest absolute Gasteiger partial charge is 0.273 e. The minimum atomic E-state index is -0.593. The SMILES string of the molecule is CN(C(=O)c1csc(C2CCN(C(=O)c3c(F)cccc3Cl)CC2)n1)C1CCCCC1. The lowest BCUT2D eigenvalue weighted by atomic mass is 9.94. The molecule has 1 aromatic carbocycles. The van der Waals surface area contributed by atoms with Crippen LogP contribution in [0.4, 0.5) is 4.39 Å². The molecule has 2 amide bonds. The molecule has 1 aliphatic heterocycles. The van der Waals surface area contributed by atoms with E-state index < -0.39 is 5.82 Å². The number of nitrogens with zero attached hydrogens (tertiary/aromatic N) is 3. The van der Waals surface area contributed by atoms with Gasteiger partial charge in [0.15, 0.2) is 0 Å². The third kappa shape index (κ3) is 4.77. The summed E-state index contributed by atoms with van der Waals surface area (Å²) in [5, 5.41) is 2.93. The van der Waals surface area contributed by atoms with Crippen LogP contribution in [0.25, 0.3) is 0 Å². The molecule has 0 atom stereocenters. The van der Waals surface area contributed by atoms with Gasteiger partial charge in [-0.3, -0.25) is 9.59 Å². The molecule has 166 valence electrons. The van der Waals surface area contributed by atoms with Crippen molar-refractivity contribution >= 4 is 34.8 Å². The monoisotopic (exact) mass is 463 g/mol. The average molecular weight is 464 g/mol. The van der Waals surface area contributed by atoms with Crippen LogP contribution >= 0.6 is 22.9 Å². The van der Waals surface area contributed by atoms with Gasteiger partial charge < -0.3 is 9.80 Å². The first-order chi connectivity index (χ1) is 15.0. The van der Waals surface area contributed by atoms with Gasteiger partial charge >= 0.3 is 0 Å². The first-order valence-corrected chi connectivity index (χ1v) is 12.2. The lowest BCUT2D eigenvalue weighted by molar-refractivity contribution is 0.0690. The number of aromatic nitrogens is 1. The molecule has 2 fully saturated rings. The molecule has 1 saturated carbocycles. The Hall–Kier alpha value is -1.99. The minimum Gasteiger partial charge on any atom is -0.338 e. The molecule has 2 heterocycles. The van der Waals surface area contributed by atoms with Crippen molar-refractivity contribution < 1.29 is 14.0 Å². The van der Waals surface area contributed by atoms with E-state index in [1.54, 1.807) is 4.90 Å². The maximum atomic E-state index is 14.1. The standard InChI is InChI=1S/C23H27ClFN3O2S/c1-27(16-6-3-2-4-7-16)22(29)19-14-31-21(26-19)15-10-12-28(13-11-15)23(30)20-17(24)8-5-9-18(20)25/h5,8-9,14-16H,2-4,6-7,10-13H2,1H3. The van der Waals surface area contributed by atoms with Crippen LogP contribution < -0.4 is 0 Å². The second kappa shape index (κ2) is 9.65. The predicted octanol–water partition coefficient (Wildman–Crippen LogP) is 5.36. The van der Waals surface area contributed by atoms with Gasteiger partial charge in [-0.05, 0) is 37.8 Å². The number of thiazole rings is 1. The number of piperidine rings is 1. The van der Waals surface area contributed by atoms with Gasteiger partial charge in [0.25, 0.3) is 11.8 Å². The molecule has 31 heavy (non-hydrogen) atoms. The Labute approximate surface area is 191 Å². The molecule has 8 heteroatoms. The fraction of sp³-hybridized carbons (Fsp3) is 0.522. The van der Waals surface area contributed by atoms with E-state index in [1.807, 2.05) is 17.3 Å². The van der Waals surface area contributed by atoms with Gasteiger partial charge in [-0.15, -0.1) is 11.3 Å². The summed E-state index contributed by atoms with van der Waals surface area (Å²) in [6, 6.07) is 4.59.